The summed E-state index contributed by atoms with van der Waals surface area (Å²) >= 11 is 0. The minimum absolute atomic E-state index is 0.461. The van der Waals surface area contributed by atoms with E-state index in [0.717, 1.165) is 26.2 Å². The molecule has 3 N–H and O–H groups in total. The van der Waals surface area contributed by atoms with Gasteiger partial charge >= 0.3 is 0 Å². The van der Waals surface area contributed by atoms with Crippen molar-refractivity contribution in [3.63, 3.8) is 0 Å². The van der Waals surface area contributed by atoms with Gasteiger partial charge in [0, 0.05) is 32.2 Å². The molecular weight excluding hydrogens is 202 g/mol. The molecule has 1 aliphatic rings. The number of hydrogen-bond donors (Lipinski definition) is 2. The van der Waals surface area contributed by atoms with Crippen molar-refractivity contribution in [1.82, 2.24) is 15.1 Å². The van der Waals surface area contributed by atoms with Gasteiger partial charge in [-0.1, -0.05) is 6.08 Å². The average molecular weight is 225 g/mol. The summed E-state index contributed by atoms with van der Waals surface area (Å²) in [6.07, 6.45) is 1.77. The van der Waals surface area contributed by atoms with Crippen LogP contribution in [-0.2, 0) is 0 Å². The van der Waals surface area contributed by atoms with Crippen LogP contribution in [0.4, 0.5) is 0 Å². The summed E-state index contributed by atoms with van der Waals surface area (Å²) in [5.74, 6) is 0.501. The smallest absolute Gasteiger partial charge is 0.188 e. The lowest BCUT2D eigenvalue weighted by molar-refractivity contribution is 0.119. The van der Waals surface area contributed by atoms with Crippen molar-refractivity contribution in [1.29, 1.82) is 0 Å². The van der Waals surface area contributed by atoms with Gasteiger partial charge in [0.2, 0.25) is 0 Å². The quantitative estimate of drug-likeness (QED) is 0.378. The predicted octanol–water partition coefficient (Wildman–Crippen LogP) is -0.677. The molecule has 0 spiro atoms. The number of aliphatic imine (C=N–C) groups is 1. The number of likely N-dealkylation sites (N-methyl/N-ethyl adjacent to an activating group) is 2. The third-order valence-electron chi connectivity index (χ3n) is 2.88. The van der Waals surface area contributed by atoms with E-state index in [0.29, 0.717) is 18.5 Å². The van der Waals surface area contributed by atoms with Crippen LogP contribution in [0.15, 0.2) is 17.6 Å². The Balaban J connectivity index is 2.37. The van der Waals surface area contributed by atoms with Gasteiger partial charge in [0.25, 0.3) is 0 Å². The maximum atomic E-state index is 5.72. The first kappa shape index (κ1) is 13.0. The predicted molar refractivity (Wildman–Crippen MR) is 68.6 cm³/mol. The zero-order valence-electron chi connectivity index (χ0n) is 10.3. The van der Waals surface area contributed by atoms with Crippen LogP contribution >= 0.6 is 0 Å². The Morgan fingerprint density at radius 3 is 3.00 bits per heavy atom. The molecule has 1 heterocycles. The summed E-state index contributed by atoms with van der Waals surface area (Å²) in [4.78, 5) is 9.00. The summed E-state index contributed by atoms with van der Waals surface area (Å²) in [6.45, 7) is 8.30. The van der Waals surface area contributed by atoms with Gasteiger partial charge in [-0.2, -0.15) is 0 Å². The molecule has 1 fully saturated rings. The summed E-state index contributed by atoms with van der Waals surface area (Å²) in [6, 6.07) is 0.461. The second-order valence-electron chi connectivity index (χ2n) is 4.29. The molecule has 0 amide bonds. The number of piperazine rings is 1. The molecule has 0 radical (unpaired) electrons. The zero-order valence-corrected chi connectivity index (χ0v) is 10.3. The molecule has 0 aromatic heterocycles. The number of rotatable bonds is 4. The molecule has 1 aliphatic heterocycles. The number of nitrogens with zero attached hydrogens (tertiary/aromatic N) is 3. The Bertz CT molecular complexity index is 251. The molecule has 5 heteroatoms. The molecule has 1 rings (SSSR count). The molecule has 0 aliphatic carbocycles. The highest BCUT2D eigenvalue weighted by Gasteiger charge is 2.21. The lowest BCUT2D eigenvalue weighted by Crippen LogP contribution is -2.51. The number of nitrogens with one attached hydrogen (secondary N) is 1. The second kappa shape index (κ2) is 6.50. The zero-order chi connectivity index (χ0) is 12.0. The SMILES string of the molecule is C=CCNC(N)=NCC1CN(C)CCN1C. The molecule has 5 nitrogen and oxygen atoms in total. The third-order valence-corrected chi connectivity index (χ3v) is 2.88. The Hall–Kier alpha value is -1.07. The van der Waals surface area contributed by atoms with E-state index >= 15 is 0 Å². The van der Waals surface area contributed by atoms with E-state index in [1.54, 1.807) is 6.08 Å². The lowest BCUT2D eigenvalue weighted by atomic mass is 10.2. The largest absolute Gasteiger partial charge is 0.370 e. The Labute approximate surface area is 98.0 Å². The monoisotopic (exact) mass is 225 g/mol. The van der Waals surface area contributed by atoms with E-state index < -0.39 is 0 Å². The molecule has 1 unspecified atom stereocenters. The molecule has 1 saturated heterocycles. The van der Waals surface area contributed by atoms with Crippen molar-refractivity contribution in [3.8, 4) is 0 Å². The van der Waals surface area contributed by atoms with Crippen LogP contribution in [0.25, 0.3) is 0 Å². The number of hydrogen-bond acceptors (Lipinski definition) is 3. The van der Waals surface area contributed by atoms with E-state index in [9.17, 15) is 0 Å². The average Bonchev–Trinajstić information content (AvgIpc) is 2.27. The van der Waals surface area contributed by atoms with Crippen LogP contribution in [0.5, 0.6) is 0 Å². The van der Waals surface area contributed by atoms with Crippen LogP contribution in [0, 0.1) is 0 Å². The highest BCUT2D eigenvalue weighted by atomic mass is 15.3. The highest BCUT2D eigenvalue weighted by molar-refractivity contribution is 5.77. The van der Waals surface area contributed by atoms with Gasteiger partial charge in [0.1, 0.15) is 0 Å². The first-order chi connectivity index (χ1) is 7.63. The van der Waals surface area contributed by atoms with Crippen molar-refractivity contribution in [3.05, 3.63) is 12.7 Å². The maximum absolute atomic E-state index is 5.72. The van der Waals surface area contributed by atoms with Gasteiger partial charge in [0.15, 0.2) is 5.96 Å². The summed E-state index contributed by atoms with van der Waals surface area (Å²) in [7, 11) is 4.28. The molecule has 0 bridgehead atoms. The fraction of sp³-hybridized carbons (Fsp3) is 0.727. The molecule has 0 aromatic carbocycles. The van der Waals surface area contributed by atoms with Crippen LogP contribution in [0.3, 0.4) is 0 Å². The van der Waals surface area contributed by atoms with Gasteiger partial charge < -0.3 is 16.0 Å². The minimum Gasteiger partial charge on any atom is -0.370 e. The Morgan fingerprint density at radius 2 is 2.31 bits per heavy atom. The van der Waals surface area contributed by atoms with E-state index in [1.807, 2.05) is 0 Å². The summed E-state index contributed by atoms with van der Waals surface area (Å²) in [5.41, 5.74) is 5.72. The molecule has 92 valence electrons. The normalized spacial score (nSPS) is 24.4. The van der Waals surface area contributed by atoms with Crippen molar-refractivity contribution in [2.75, 3.05) is 46.8 Å². The summed E-state index contributed by atoms with van der Waals surface area (Å²) < 4.78 is 0. The fourth-order valence-electron chi connectivity index (χ4n) is 1.73. The van der Waals surface area contributed by atoms with E-state index in [1.165, 1.54) is 0 Å². The number of nitrogens with two attached hydrogens (primary N) is 1. The highest BCUT2D eigenvalue weighted by Crippen LogP contribution is 2.05. The minimum atomic E-state index is 0.461. The van der Waals surface area contributed by atoms with Gasteiger partial charge in [-0.3, -0.25) is 9.89 Å². The van der Waals surface area contributed by atoms with Crippen LogP contribution in [0.1, 0.15) is 0 Å². The Kier molecular flexibility index (Phi) is 5.28. The van der Waals surface area contributed by atoms with Crippen molar-refractivity contribution >= 4 is 5.96 Å². The van der Waals surface area contributed by atoms with Crippen molar-refractivity contribution in [2.45, 2.75) is 6.04 Å². The topological polar surface area (TPSA) is 56.9 Å². The fourth-order valence-corrected chi connectivity index (χ4v) is 1.73. The van der Waals surface area contributed by atoms with Crippen molar-refractivity contribution < 1.29 is 0 Å². The first-order valence-electron chi connectivity index (χ1n) is 5.67. The molecule has 0 aromatic rings. The van der Waals surface area contributed by atoms with Gasteiger partial charge in [-0.05, 0) is 14.1 Å². The van der Waals surface area contributed by atoms with E-state index in [4.69, 9.17) is 5.73 Å². The second-order valence-corrected chi connectivity index (χ2v) is 4.29. The standard InChI is InChI=1S/C11H23N5/c1-4-5-13-11(12)14-8-10-9-15(2)6-7-16(10)3/h4,10H,1,5-9H2,2-3H3,(H3,12,13,14). The Morgan fingerprint density at radius 1 is 1.56 bits per heavy atom. The third kappa shape index (κ3) is 4.20. The van der Waals surface area contributed by atoms with E-state index in [-0.39, 0.29) is 0 Å². The van der Waals surface area contributed by atoms with E-state index in [2.05, 4.69) is 40.8 Å². The van der Waals surface area contributed by atoms with Crippen LogP contribution in [-0.4, -0.2) is 68.6 Å². The molecule has 16 heavy (non-hydrogen) atoms. The van der Waals surface area contributed by atoms with Crippen LogP contribution < -0.4 is 11.1 Å². The van der Waals surface area contributed by atoms with Crippen molar-refractivity contribution in [2.24, 2.45) is 10.7 Å². The molecule has 0 saturated carbocycles. The lowest BCUT2D eigenvalue weighted by Gasteiger charge is -2.36. The first-order valence-corrected chi connectivity index (χ1v) is 5.67. The maximum Gasteiger partial charge on any atom is 0.188 e. The molecular formula is C11H23N5. The summed E-state index contributed by atoms with van der Waals surface area (Å²) in [5, 5.41) is 2.98. The van der Waals surface area contributed by atoms with Gasteiger partial charge in [-0.25, -0.2) is 0 Å². The van der Waals surface area contributed by atoms with Gasteiger partial charge in [-0.15, -0.1) is 6.58 Å². The van der Waals surface area contributed by atoms with Gasteiger partial charge in [0.05, 0.1) is 6.54 Å². The molecule has 1 atom stereocenters. The number of guanidine groups is 1. The van der Waals surface area contributed by atoms with Crippen LogP contribution in [0.2, 0.25) is 0 Å².